The molecule has 0 unspecified atom stereocenters. The molecular formula is C38H55N3O10S. The molecular weight excluding hydrogens is 690 g/mol. The van der Waals surface area contributed by atoms with E-state index in [1.807, 2.05) is 26.0 Å². The molecule has 3 fully saturated rings. The number of nitrogens with zero attached hydrogens (tertiary/aromatic N) is 2. The van der Waals surface area contributed by atoms with Crippen LogP contribution in [0.15, 0.2) is 65.1 Å². The maximum absolute atomic E-state index is 13.2. The number of aliphatic hydroxyl groups excluding tert-OH is 1. The van der Waals surface area contributed by atoms with Gasteiger partial charge in [-0.2, -0.15) is 0 Å². The third-order valence-corrected chi connectivity index (χ3v) is 11.7. The molecule has 3 saturated heterocycles. The smallest absolute Gasteiger partial charge is 0.303 e. The van der Waals surface area contributed by atoms with Crippen LogP contribution >= 0.6 is 0 Å². The summed E-state index contributed by atoms with van der Waals surface area (Å²) in [5.41, 5.74) is 1.03. The lowest BCUT2D eigenvalue weighted by Gasteiger charge is -2.39. The number of hydrogen-bond acceptors (Lipinski definition) is 10. The van der Waals surface area contributed by atoms with Crippen LogP contribution in [0.3, 0.4) is 0 Å². The van der Waals surface area contributed by atoms with Gasteiger partial charge in [-0.15, -0.1) is 0 Å². The summed E-state index contributed by atoms with van der Waals surface area (Å²) in [6, 6.07) is 6.32. The predicted molar refractivity (Wildman–Crippen MR) is 194 cm³/mol. The molecule has 1 aromatic carbocycles. The van der Waals surface area contributed by atoms with E-state index in [9.17, 15) is 27.9 Å². The number of amides is 2. The first-order valence-corrected chi connectivity index (χ1v) is 19.2. The summed E-state index contributed by atoms with van der Waals surface area (Å²) >= 11 is 0. The molecule has 3 aliphatic heterocycles. The summed E-state index contributed by atoms with van der Waals surface area (Å²) in [6.07, 6.45) is 7.96. The van der Waals surface area contributed by atoms with E-state index in [4.69, 9.17) is 18.9 Å². The van der Waals surface area contributed by atoms with E-state index in [0.29, 0.717) is 26.0 Å². The second-order valence-corrected chi connectivity index (χ2v) is 16.7. The van der Waals surface area contributed by atoms with Crippen molar-refractivity contribution < 1.29 is 46.9 Å². The normalized spacial score (nSPS) is 30.1. The average molecular weight is 746 g/mol. The molecule has 0 radical (unpaired) electrons. The number of aliphatic hydroxyl groups is 1. The molecule has 288 valence electrons. The minimum atomic E-state index is -3.54. The number of rotatable bonds is 14. The number of ether oxygens (including phenoxy) is 4. The van der Waals surface area contributed by atoms with E-state index in [1.165, 1.54) is 39.2 Å². The third-order valence-electron chi connectivity index (χ3n) is 9.87. The monoisotopic (exact) mass is 745 g/mol. The van der Waals surface area contributed by atoms with E-state index in [1.54, 1.807) is 37.1 Å². The molecule has 1 aromatic rings. The van der Waals surface area contributed by atoms with Crippen LogP contribution in [0, 0.1) is 5.92 Å². The van der Waals surface area contributed by atoms with Crippen molar-refractivity contribution in [2.45, 2.75) is 120 Å². The molecule has 0 bridgehead atoms. The van der Waals surface area contributed by atoms with Gasteiger partial charge in [-0.25, -0.2) is 12.7 Å². The number of carbonyl (C=O) groups is 3. The van der Waals surface area contributed by atoms with Gasteiger partial charge in [0, 0.05) is 47.1 Å². The van der Waals surface area contributed by atoms with Crippen molar-refractivity contribution >= 4 is 27.8 Å². The zero-order valence-corrected chi connectivity index (χ0v) is 32.3. The molecule has 1 spiro atoms. The maximum atomic E-state index is 13.2. The van der Waals surface area contributed by atoms with Crippen molar-refractivity contribution in [1.82, 2.24) is 14.5 Å². The van der Waals surface area contributed by atoms with E-state index < -0.39 is 46.0 Å². The van der Waals surface area contributed by atoms with E-state index in [0.717, 1.165) is 21.9 Å². The SMILES string of the molecule is CC(=O)O[C@@H](C)C=CC(=O)N[C@@H]1C[C@H](C)[C@H](CC=C(C)C=C[C@H]2O[C@H](CC(=O)N(C)Cc3ccc(S(=O)(=O)N(C)C)cc3)C[C@@]3(CO3)[C@@H]2O)O[C@@H]1C. The Morgan fingerprint density at radius 2 is 1.77 bits per heavy atom. The lowest BCUT2D eigenvalue weighted by atomic mass is 9.87. The highest BCUT2D eigenvalue weighted by Crippen LogP contribution is 2.43. The highest BCUT2D eigenvalue weighted by atomic mass is 32.2. The van der Waals surface area contributed by atoms with Crippen LogP contribution in [0.5, 0.6) is 0 Å². The molecule has 0 aliphatic carbocycles. The van der Waals surface area contributed by atoms with Gasteiger partial charge in [0.15, 0.2) is 0 Å². The van der Waals surface area contributed by atoms with Crippen molar-refractivity contribution in [3.8, 4) is 0 Å². The van der Waals surface area contributed by atoms with Crippen LogP contribution in [-0.2, 0) is 49.9 Å². The first-order valence-electron chi connectivity index (χ1n) is 17.8. The third kappa shape index (κ3) is 11.1. The van der Waals surface area contributed by atoms with E-state index >= 15 is 0 Å². The predicted octanol–water partition coefficient (Wildman–Crippen LogP) is 3.27. The topological polar surface area (TPSA) is 164 Å². The fourth-order valence-electron chi connectivity index (χ4n) is 6.58. The highest BCUT2D eigenvalue weighted by Gasteiger charge is 2.58. The van der Waals surface area contributed by atoms with Crippen LogP contribution in [-0.4, -0.2) is 117 Å². The molecule has 3 heterocycles. The minimum absolute atomic E-state index is 0.0397. The standard InChI is InChI=1S/C38H55N3O10S/c1-24(9-16-33-25(2)19-32(27(4)50-33)39-35(43)18-11-26(3)49-28(5)42)10-17-34-37(45)38(23-48-38)21-30(51-34)20-36(44)41(8)22-29-12-14-31(15-13-29)52(46,47)40(6)7/h9-15,17-18,25-27,30,32-34,37,45H,16,19-23H2,1-8H3,(H,39,43)/t25-,26-,27+,30+,32+,33-,34+,37+,38+/m0/s1. The van der Waals surface area contributed by atoms with Gasteiger partial charge in [-0.3, -0.25) is 14.4 Å². The number of allylic oxidation sites excluding steroid dienone is 2. The quantitative estimate of drug-likeness (QED) is 0.125. The number of hydrogen-bond donors (Lipinski definition) is 2. The van der Waals surface area contributed by atoms with Gasteiger partial charge in [0.1, 0.15) is 23.9 Å². The molecule has 4 rings (SSSR count). The van der Waals surface area contributed by atoms with Gasteiger partial charge in [-0.05, 0) is 63.3 Å². The van der Waals surface area contributed by atoms with Crippen LogP contribution in [0.25, 0.3) is 0 Å². The highest BCUT2D eigenvalue weighted by molar-refractivity contribution is 7.89. The summed E-state index contributed by atoms with van der Waals surface area (Å²) in [6.45, 7) is 9.73. The summed E-state index contributed by atoms with van der Waals surface area (Å²) in [5, 5.41) is 14.1. The molecule has 3 aliphatic rings. The Balaban J connectivity index is 1.28. The number of esters is 1. The number of sulfonamides is 1. The molecule has 0 saturated carbocycles. The summed E-state index contributed by atoms with van der Waals surface area (Å²) in [4.78, 5) is 38.5. The first-order chi connectivity index (χ1) is 24.4. The van der Waals surface area contributed by atoms with Crippen LogP contribution in [0.2, 0.25) is 0 Å². The Hall–Kier alpha value is -3.40. The lowest BCUT2D eigenvalue weighted by Crippen LogP contribution is -2.51. The van der Waals surface area contributed by atoms with Crippen LogP contribution in [0.4, 0.5) is 0 Å². The fourth-order valence-corrected chi connectivity index (χ4v) is 7.48. The Labute approximate surface area is 308 Å². The van der Waals surface area contributed by atoms with Crippen molar-refractivity contribution in [2.24, 2.45) is 5.92 Å². The molecule has 9 atom stereocenters. The molecule has 13 nitrogen and oxygen atoms in total. The van der Waals surface area contributed by atoms with Crippen molar-refractivity contribution in [3.05, 3.63) is 65.8 Å². The largest absolute Gasteiger partial charge is 0.459 e. The molecule has 2 amide bonds. The van der Waals surface area contributed by atoms with E-state index in [-0.39, 0.29) is 47.3 Å². The number of carbonyl (C=O) groups excluding carboxylic acids is 3. The van der Waals surface area contributed by atoms with Crippen molar-refractivity contribution in [2.75, 3.05) is 27.7 Å². The Kier molecular flexibility index (Phi) is 14.0. The average Bonchev–Trinajstić information content (AvgIpc) is 3.85. The number of epoxide rings is 1. The molecule has 14 heteroatoms. The van der Waals surface area contributed by atoms with Gasteiger partial charge < -0.3 is 34.3 Å². The van der Waals surface area contributed by atoms with Gasteiger partial charge in [0.2, 0.25) is 21.8 Å². The van der Waals surface area contributed by atoms with Crippen molar-refractivity contribution in [3.63, 3.8) is 0 Å². The van der Waals surface area contributed by atoms with Gasteiger partial charge in [0.05, 0.1) is 42.3 Å². The lowest BCUT2D eigenvalue weighted by molar-refractivity contribution is -0.150. The van der Waals surface area contributed by atoms with Gasteiger partial charge >= 0.3 is 5.97 Å². The first kappa shape index (κ1) is 41.4. The van der Waals surface area contributed by atoms with Crippen LogP contribution < -0.4 is 5.32 Å². The molecule has 52 heavy (non-hydrogen) atoms. The number of benzene rings is 1. The summed E-state index contributed by atoms with van der Waals surface area (Å²) in [5.74, 6) is -0.625. The van der Waals surface area contributed by atoms with Crippen molar-refractivity contribution in [1.29, 1.82) is 0 Å². The van der Waals surface area contributed by atoms with E-state index in [2.05, 4.69) is 18.3 Å². The molecule has 0 aromatic heterocycles. The molecule has 2 N–H and O–H groups in total. The number of nitrogens with one attached hydrogen (secondary N) is 1. The fraction of sp³-hybridized carbons (Fsp3) is 0.605. The summed E-state index contributed by atoms with van der Waals surface area (Å²) in [7, 11) is 1.11. The van der Waals surface area contributed by atoms with Gasteiger partial charge in [0.25, 0.3) is 0 Å². The zero-order valence-electron chi connectivity index (χ0n) is 31.5. The second kappa shape index (κ2) is 17.6. The Morgan fingerprint density at radius 1 is 1.10 bits per heavy atom. The Morgan fingerprint density at radius 3 is 2.38 bits per heavy atom. The Bertz CT molecular complexity index is 1620. The maximum Gasteiger partial charge on any atom is 0.303 e. The van der Waals surface area contributed by atoms with Gasteiger partial charge in [-0.1, -0.05) is 42.9 Å². The van der Waals surface area contributed by atoms with Crippen LogP contribution in [0.1, 0.15) is 65.9 Å². The minimum Gasteiger partial charge on any atom is -0.459 e. The summed E-state index contributed by atoms with van der Waals surface area (Å²) < 4.78 is 49.2. The zero-order chi connectivity index (χ0) is 38.4. The second-order valence-electron chi connectivity index (χ2n) is 14.5.